The first-order valence-corrected chi connectivity index (χ1v) is 5.26. The van der Waals surface area contributed by atoms with Crippen LogP contribution in [0.1, 0.15) is 34.7 Å². The molecule has 0 aromatic heterocycles. The van der Waals surface area contributed by atoms with Crippen LogP contribution < -0.4 is 0 Å². The van der Waals surface area contributed by atoms with Gasteiger partial charge in [-0.3, -0.25) is 0 Å². The summed E-state index contributed by atoms with van der Waals surface area (Å²) in [5.74, 6) is 0.761. The zero-order valence-electron chi connectivity index (χ0n) is 9.33. The molecule has 17 heavy (non-hydrogen) atoms. The maximum Gasteiger partial charge on any atom is 0.340 e. The van der Waals surface area contributed by atoms with E-state index in [1.807, 2.05) is 5.94 Å². The van der Waals surface area contributed by atoms with E-state index in [0.29, 0.717) is 12.8 Å². The van der Waals surface area contributed by atoms with Crippen LogP contribution in [0.15, 0.2) is 23.8 Å². The van der Waals surface area contributed by atoms with Crippen molar-refractivity contribution in [1.29, 1.82) is 0 Å². The van der Waals surface area contributed by atoms with E-state index in [0.717, 1.165) is 11.1 Å². The highest BCUT2D eigenvalue weighted by Gasteiger charge is 2.27. The van der Waals surface area contributed by atoms with Crippen LogP contribution >= 0.6 is 0 Å². The van der Waals surface area contributed by atoms with Gasteiger partial charge >= 0.3 is 5.97 Å². The Kier molecular flexibility index (Phi) is 3.07. The number of allylic oxidation sites excluding steroid dienone is 1. The van der Waals surface area contributed by atoms with Crippen LogP contribution in [-0.4, -0.2) is 19.0 Å². The molecule has 0 bridgehead atoms. The van der Waals surface area contributed by atoms with Gasteiger partial charge in [-0.2, -0.15) is 0 Å². The number of halogens is 1. The Bertz CT molecular complexity index is 507. The lowest BCUT2D eigenvalue weighted by molar-refractivity contribution is 0.0595. The summed E-state index contributed by atoms with van der Waals surface area (Å²) >= 11 is 0. The van der Waals surface area contributed by atoms with Crippen molar-refractivity contribution < 1.29 is 18.7 Å². The van der Waals surface area contributed by atoms with Gasteiger partial charge in [0.05, 0.1) is 12.7 Å². The van der Waals surface area contributed by atoms with Crippen molar-refractivity contribution in [3.63, 3.8) is 0 Å². The second-order valence-electron chi connectivity index (χ2n) is 4.04. The summed E-state index contributed by atoms with van der Waals surface area (Å²) in [5, 5.41) is 0. The maximum absolute atomic E-state index is 13.4. The van der Waals surface area contributed by atoms with Crippen LogP contribution in [0.4, 0.5) is 4.39 Å². The average molecular weight is 234 g/mol. The van der Waals surface area contributed by atoms with E-state index in [-0.39, 0.29) is 11.5 Å². The lowest BCUT2D eigenvalue weighted by Gasteiger charge is -2.27. The molecule has 0 amide bonds. The lowest BCUT2D eigenvalue weighted by atomic mass is 9.76. The van der Waals surface area contributed by atoms with Crippen molar-refractivity contribution in [2.24, 2.45) is 0 Å². The van der Waals surface area contributed by atoms with Gasteiger partial charge in [0.25, 0.3) is 0 Å². The van der Waals surface area contributed by atoms with Crippen LogP contribution in [0.25, 0.3) is 0 Å². The van der Waals surface area contributed by atoms with E-state index in [9.17, 15) is 14.0 Å². The molecule has 0 aliphatic heterocycles. The van der Waals surface area contributed by atoms with Gasteiger partial charge in [-0.25, -0.2) is 14.0 Å². The summed E-state index contributed by atoms with van der Waals surface area (Å²) in [6.07, 6.45) is 1.27. The third-order valence-corrected chi connectivity index (χ3v) is 3.00. The average Bonchev–Trinajstić information content (AvgIpc) is 2.29. The molecule has 1 aromatic rings. The third kappa shape index (κ3) is 2.12. The summed E-state index contributed by atoms with van der Waals surface area (Å²) in [6.45, 7) is 0. The molecular formula is C13H11FO3. The zero-order chi connectivity index (χ0) is 12.4. The van der Waals surface area contributed by atoms with Gasteiger partial charge in [0, 0.05) is 5.57 Å². The Morgan fingerprint density at radius 1 is 1.47 bits per heavy atom. The second kappa shape index (κ2) is 4.52. The molecule has 1 fully saturated rings. The van der Waals surface area contributed by atoms with Gasteiger partial charge in [-0.1, -0.05) is 6.07 Å². The first kappa shape index (κ1) is 11.6. The highest BCUT2D eigenvalue weighted by atomic mass is 19.1. The Morgan fingerprint density at radius 2 is 2.18 bits per heavy atom. The molecule has 3 nitrogen and oxygen atoms in total. The van der Waals surface area contributed by atoms with Gasteiger partial charge in [0.2, 0.25) is 0 Å². The summed E-state index contributed by atoms with van der Waals surface area (Å²) in [7, 11) is 1.21. The topological polar surface area (TPSA) is 43.4 Å². The second-order valence-corrected chi connectivity index (χ2v) is 4.04. The molecule has 1 aliphatic carbocycles. The fraction of sp³-hybridized carbons (Fsp3) is 0.308. The normalized spacial score (nSPS) is 18.2. The summed E-state index contributed by atoms with van der Waals surface area (Å²) in [6, 6.07) is 4.38. The van der Waals surface area contributed by atoms with Gasteiger partial charge in [-0.05, 0) is 36.5 Å². The Morgan fingerprint density at radius 3 is 2.76 bits per heavy atom. The highest BCUT2D eigenvalue weighted by Crippen LogP contribution is 2.39. The SMILES string of the molecule is COC(=O)c1cc(C2CC(=C=O)C2)ccc1F. The smallest absolute Gasteiger partial charge is 0.340 e. The van der Waals surface area contributed by atoms with Crippen molar-refractivity contribution in [1.82, 2.24) is 0 Å². The number of esters is 1. The van der Waals surface area contributed by atoms with Crippen molar-refractivity contribution in [3.8, 4) is 0 Å². The number of carbonyl (C=O) groups excluding carboxylic acids is 2. The monoisotopic (exact) mass is 234 g/mol. The highest BCUT2D eigenvalue weighted by molar-refractivity contribution is 5.89. The van der Waals surface area contributed by atoms with Crippen LogP contribution in [-0.2, 0) is 9.53 Å². The Balaban J connectivity index is 2.26. The first-order chi connectivity index (χ1) is 8.15. The van der Waals surface area contributed by atoms with Crippen molar-refractivity contribution in [3.05, 3.63) is 40.7 Å². The molecule has 4 heteroatoms. The number of benzene rings is 1. The number of carbonyl (C=O) groups is 1. The molecule has 88 valence electrons. The van der Waals surface area contributed by atoms with Crippen LogP contribution in [0.2, 0.25) is 0 Å². The van der Waals surface area contributed by atoms with Crippen LogP contribution in [0.5, 0.6) is 0 Å². The minimum Gasteiger partial charge on any atom is -0.465 e. The largest absolute Gasteiger partial charge is 0.465 e. The molecule has 1 saturated carbocycles. The number of rotatable bonds is 2. The molecule has 1 aromatic carbocycles. The fourth-order valence-electron chi connectivity index (χ4n) is 1.92. The van der Waals surface area contributed by atoms with Gasteiger partial charge in [0.1, 0.15) is 11.8 Å². The minimum atomic E-state index is -0.685. The van der Waals surface area contributed by atoms with Gasteiger partial charge in [0.15, 0.2) is 0 Å². The molecule has 0 spiro atoms. The zero-order valence-corrected chi connectivity index (χ0v) is 9.33. The van der Waals surface area contributed by atoms with Crippen molar-refractivity contribution in [2.75, 3.05) is 7.11 Å². The number of hydrogen-bond acceptors (Lipinski definition) is 3. The number of methoxy groups -OCH3 is 1. The van der Waals surface area contributed by atoms with E-state index in [4.69, 9.17) is 0 Å². The summed E-state index contributed by atoms with van der Waals surface area (Å²) in [5.41, 5.74) is 1.53. The van der Waals surface area contributed by atoms with E-state index >= 15 is 0 Å². The maximum atomic E-state index is 13.4. The minimum absolute atomic E-state index is 0.0615. The summed E-state index contributed by atoms with van der Waals surface area (Å²) < 4.78 is 17.9. The van der Waals surface area contributed by atoms with Crippen molar-refractivity contribution in [2.45, 2.75) is 18.8 Å². The molecular weight excluding hydrogens is 223 g/mol. The quantitative estimate of drug-likeness (QED) is 0.582. The Labute approximate surface area is 97.9 Å². The predicted octanol–water partition coefficient (Wildman–Crippen LogP) is 2.25. The summed E-state index contributed by atoms with van der Waals surface area (Å²) in [4.78, 5) is 21.6. The molecule has 0 radical (unpaired) electrons. The molecule has 1 aliphatic rings. The number of hydrogen-bond donors (Lipinski definition) is 0. The molecule has 0 heterocycles. The van der Waals surface area contributed by atoms with Gasteiger partial charge < -0.3 is 4.74 Å². The molecule has 0 atom stereocenters. The lowest BCUT2D eigenvalue weighted by Crippen LogP contribution is -2.14. The van der Waals surface area contributed by atoms with Gasteiger partial charge in [-0.15, -0.1) is 0 Å². The predicted molar refractivity (Wildman–Crippen MR) is 58.9 cm³/mol. The third-order valence-electron chi connectivity index (χ3n) is 3.00. The fourth-order valence-corrected chi connectivity index (χ4v) is 1.92. The molecule has 0 unspecified atom stereocenters. The number of ether oxygens (including phenoxy) is 1. The van der Waals surface area contributed by atoms with Crippen LogP contribution in [0.3, 0.4) is 0 Å². The van der Waals surface area contributed by atoms with E-state index < -0.39 is 11.8 Å². The van der Waals surface area contributed by atoms with E-state index in [2.05, 4.69) is 4.74 Å². The first-order valence-electron chi connectivity index (χ1n) is 5.26. The van der Waals surface area contributed by atoms with E-state index in [1.54, 1.807) is 6.07 Å². The van der Waals surface area contributed by atoms with Crippen molar-refractivity contribution >= 4 is 11.9 Å². The van der Waals surface area contributed by atoms with E-state index in [1.165, 1.54) is 19.2 Å². The molecule has 0 N–H and O–H groups in total. The Hall–Kier alpha value is -1.93. The molecule has 2 rings (SSSR count). The standard InChI is InChI=1S/C13H11FO3/c1-17-13(16)11-6-9(2-3-12(11)14)10-4-8(5-10)7-15/h2-3,6,10H,4-5H2,1H3. The van der Waals surface area contributed by atoms with Crippen LogP contribution in [0, 0.1) is 5.82 Å². The molecule has 0 saturated heterocycles.